The molecule has 1 amide bonds. The van der Waals surface area contributed by atoms with Crippen LogP contribution < -0.4 is 11.5 Å². The summed E-state index contributed by atoms with van der Waals surface area (Å²) in [5, 5.41) is 0. The first-order valence-electron chi connectivity index (χ1n) is 6.93. The molecule has 2 atom stereocenters. The average Bonchev–Trinajstić information content (AvgIpc) is 2.37. The number of nitrogens with two attached hydrogens (primary N) is 2. The molecular formula is C16H26N2O. The third-order valence-corrected chi connectivity index (χ3v) is 3.94. The van der Waals surface area contributed by atoms with Crippen molar-refractivity contribution in [3.63, 3.8) is 0 Å². The van der Waals surface area contributed by atoms with Gasteiger partial charge in [-0.2, -0.15) is 0 Å². The maximum absolute atomic E-state index is 11.3. The summed E-state index contributed by atoms with van der Waals surface area (Å²) in [7, 11) is 0. The highest BCUT2D eigenvalue weighted by Gasteiger charge is 2.28. The molecule has 0 aromatic heterocycles. The van der Waals surface area contributed by atoms with Crippen LogP contribution in [-0.4, -0.2) is 5.91 Å². The molecule has 0 spiro atoms. The normalized spacial score (nSPS) is 15.0. The minimum Gasteiger partial charge on any atom is -0.369 e. The first-order valence-corrected chi connectivity index (χ1v) is 6.93. The van der Waals surface area contributed by atoms with E-state index in [1.165, 1.54) is 5.56 Å². The zero-order valence-electron chi connectivity index (χ0n) is 12.4. The molecule has 0 saturated heterocycles. The monoisotopic (exact) mass is 262 g/mol. The highest BCUT2D eigenvalue weighted by Crippen LogP contribution is 2.29. The van der Waals surface area contributed by atoms with Gasteiger partial charge in [-0.05, 0) is 29.9 Å². The van der Waals surface area contributed by atoms with Crippen molar-refractivity contribution in [2.75, 3.05) is 0 Å². The van der Waals surface area contributed by atoms with Crippen LogP contribution in [0.2, 0.25) is 0 Å². The Morgan fingerprint density at radius 2 is 1.68 bits per heavy atom. The smallest absolute Gasteiger partial charge is 0.223 e. The molecule has 4 N–H and O–H groups in total. The zero-order chi connectivity index (χ0) is 14.6. The maximum atomic E-state index is 11.3. The SMILES string of the molecule is CCC(C)c1ccc(C(N)CC(C)(C)C(N)=O)cc1. The van der Waals surface area contributed by atoms with E-state index in [1.54, 1.807) is 0 Å². The second-order valence-electron chi connectivity index (χ2n) is 6.03. The molecule has 0 bridgehead atoms. The molecule has 0 aliphatic carbocycles. The van der Waals surface area contributed by atoms with Gasteiger partial charge in [0.05, 0.1) is 0 Å². The quantitative estimate of drug-likeness (QED) is 0.827. The van der Waals surface area contributed by atoms with Crippen LogP contribution in [0.4, 0.5) is 0 Å². The van der Waals surface area contributed by atoms with Crippen LogP contribution in [0.25, 0.3) is 0 Å². The molecule has 1 rings (SSSR count). The fourth-order valence-corrected chi connectivity index (χ4v) is 2.08. The molecule has 2 unspecified atom stereocenters. The number of hydrogen-bond donors (Lipinski definition) is 2. The van der Waals surface area contributed by atoms with Crippen molar-refractivity contribution in [2.45, 2.75) is 52.5 Å². The molecule has 1 aromatic carbocycles. The third kappa shape index (κ3) is 4.06. The molecule has 0 heterocycles. The van der Waals surface area contributed by atoms with Crippen LogP contribution in [0, 0.1) is 5.41 Å². The lowest BCUT2D eigenvalue weighted by molar-refractivity contribution is -0.126. The third-order valence-electron chi connectivity index (χ3n) is 3.94. The lowest BCUT2D eigenvalue weighted by Gasteiger charge is -2.25. The number of primary amides is 1. The summed E-state index contributed by atoms with van der Waals surface area (Å²) in [5.74, 6) is 0.256. The van der Waals surface area contributed by atoms with Crippen LogP contribution in [0.5, 0.6) is 0 Å². The Morgan fingerprint density at radius 3 is 2.11 bits per heavy atom. The molecule has 0 saturated carbocycles. The van der Waals surface area contributed by atoms with Gasteiger partial charge in [0, 0.05) is 11.5 Å². The van der Waals surface area contributed by atoms with Gasteiger partial charge in [0.2, 0.25) is 5.91 Å². The number of hydrogen-bond acceptors (Lipinski definition) is 2. The number of benzene rings is 1. The molecule has 0 fully saturated rings. The summed E-state index contributed by atoms with van der Waals surface area (Å²) >= 11 is 0. The van der Waals surface area contributed by atoms with Crippen molar-refractivity contribution in [2.24, 2.45) is 16.9 Å². The van der Waals surface area contributed by atoms with Crippen molar-refractivity contribution in [3.8, 4) is 0 Å². The van der Waals surface area contributed by atoms with Gasteiger partial charge < -0.3 is 11.5 Å². The van der Waals surface area contributed by atoms with E-state index in [0.29, 0.717) is 12.3 Å². The van der Waals surface area contributed by atoms with Gasteiger partial charge in [-0.3, -0.25) is 4.79 Å². The maximum Gasteiger partial charge on any atom is 0.223 e. The number of amides is 1. The van der Waals surface area contributed by atoms with E-state index in [-0.39, 0.29) is 11.9 Å². The highest BCUT2D eigenvalue weighted by molar-refractivity contribution is 5.79. The molecule has 106 valence electrons. The number of rotatable bonds is 6. The van der Waals surface area contributed by atoms with Gasteiger partial charge in [0.1, 0.15) is 0 Å². The van der Waals surface area contributed by atoms with Gasteiger partial charge in [-0.15, -0.1) is 0 Å². The minimum atomic E-state index is -0.575. The van der Waals surface area contributed by atoms with Gasteiger partial charge in [0.25, 0.3) is 0 Å². The van der Waals surface area contributed by atoms with Gasteiger partial charge >= 0.3 is 0 Å². The Kier molecular flexibility index (Phi) is 5.12. The summed E-state index contributed by atoms with van der Waals surface area (Å²) in [4.78, 5) is 11.3. The zero-order valence-corrected chi connectivity index (χ0v) is 12.4. The van der Waals surface area contributed by atoms with Crippen molar-refractivity contribution in [1.82, 2.24) is 0 Å². The van der Waals surface area contributed by atoms with Crippen molar-refractivity contribution in [1.29, 1.82) is 0 Å². The largest absolute Gasteiger partial charge is 0.369 e. The first kappa shape index (κ1) is 15.7. The van der Waals surface area contributed by atoms with Crippen LogP contribution in [-0.2, 0) is 4.79 Å². The lowest BCUT2D eigenvalue weighted by Crippen LogP contribution is -2.34. The lowest BCUT2D eigenvalue weighted by atomic mass is 9.83. The van der Waals surface area contributed by atoms with E-state index in [1.807, 2.05) is 13.8 Å². The van der Waals surface area contributed by atoms with Crippen LogP contribution in [0.15, 0.2) is 24.3 Å². The first-order chi connectivity index (χ1) is 8.77. The predicted molar refractivity (Wildman–Crippen MR) is 79.7 cm³/mol. The molecule has 3 nitrogen and oxygen atoms in total. The van der Waals surface area contributed by atoms with Gasteiger partial charge in [-0.25, -0.2) is 0 Å². The van der Waals surface area contributed by atoms with E-state index in [9.17, 15) is 4.79 Å². The molecule has 0 radical (unpaired) electrons. The molecule has 19 heavy (non-hydrogen) atoms. The topological polar surface area (TPSA) is 69.1 Å². The van der Waals surface area contributed by atoms with Crippen LogP contribution in [0.3, 0.4) is 0 Å². The number of carbonyl (C=O) groups is 1. The van der Waals surface area contributed by atoms with E-state index in [0.717, 1.165) is 12.0 Å². The summed E-state index contributed by atoms with van der Waals surface area (Å²) in [6.07, 6.45) is 1.69. The van der Waals surface area contributed by atoms with E-state index < -0.39 is 5.41 Å². The average molecular weight is 262 g/mol. The van der Waals surface area contributed by atoms with Crippen molar-refractivity contribution in [3.05, 3.63) is 35.4 Å². The van der Waals surface area contributed by atoms with E-state index >= 15 is 0 Å². The van der Waals surface area contributed by atoms with Gasteiger partial charge in [-0.1, -0.05) is 52.0 Å². The Hall–Kier alpha value is -1.35. The Morgan fingerprint density at radius 1 is 1.21 bits per heavy atom. The number of carbonyl (C=O) groups excluding carboxylic acids is 1. The Bertz CT molecular complexity index is 423. The summed E-state index contributed by atoms with van der Waals surface area (Å²) in [6, 6.07) is 8.21. The molecule has 0 aliphatic rings. The second kappa shape index (κ2) is 6.20. The summed E-state index contributed by atoms with van der Waals surface area (Å²) in [6.45, 7) is 8.07. The Labute approximate surface area is 116 Å². The highest BCUT2D eigenvalue weighted by atomic mass is 16.1. The second-order valence-corrected chi connectivity index (χ2v) is 6.03. The van der Waals surface area contributed by atoms with Crippen molar-refractivity contribution < 1.29 is 4.79 Å². The van der Waals surface area contributed by atoms with Crippen LogP contribution >= 0.6 is 0 Å². The predicted octanol–water partition coefficient (Wildman–Crippen LogP) is 3.10. The fraction of sp³-hybridized carbons (Fsp3) is 0.562. The minimum absolute atomic E-state index is 0.159. The molecule has 1 aromatic rings. The summed E-state index contributed by atoms with van der Waals surface area (Å²) < 4.78 is 0. The van der Waals surface area contributed by atoms with Crippen molar-refractivity contribution >= 4 is 5.91 Å². The Balaban J connectivity index is 2.78. The van der Waals surface area contributed by atoms with Crippen LogP contribution in [0.1, 0.15) is 63.6 Å². The molecule has 3 heteroatoms. The standard InChI is InChI=1S/C16H26N2O/c1-5-11(2)12-6-8-13(9-7-12)14(17)10-16(3,4)15(18)19/h6-9,11,14H,5,10,17H2,1-4H3,(H2,18,19). The van der Waals surface area contributed by atoms with Gasteiger partial charge in [0.15, 0.2) is 0 Å². The van der Waals surface area contributed by atoms with E-state index in [4.69, 9.17) is 11.5 Å². The fourth-order valence-electron chi connectivity index (χ4n) is 2.08. The molecular weight excluding hydrogens is 236 g/mol. The summed E-state index contributed by atoms with van der Waals surface area (Å²) in [5.41, 5.74) is 13.4. The molecule has 0 aliphatic heterocycles. The van der Waals surface area contributed by atoms with E-state index in [2.05, 4.69) is 38.1 Å².